The Balaban J connectivity index is 1.12. The number of nitrogens with one attached hydrogen (secondary N) is 1. The van der Waals surface area contributed by atoms with Crippen LogP contribution in [0.15, 0.2) is 51.8 Å². The van der Waals surface area contributed by atoms with E-state index in [4.69, 9.17) is 13.9 Å². The van der Waals surface area contributed by atoms with E-state index < -0.39 is 10.0 Å². The van der Waals surface area contributed by atoms with Crippen LogP contribution in [-0.4, -0.2) is 57.1 Å². The van der Waals surface area contributed by atoms with Crippen LogP contribution in [0, 0.1) is 0 Å². The van der Waals surface area contributed by atoms with Gasteiger partial charge in [0.05, 0.1) is 18.1 Å². The van der Waals surface area contributed by atoms with E-state index in [1.54, 1.807) is 11.0 Å². The van der Waals surface area contributed by atoms with Gasteiger partial charge in [-0.3, -0.25) is 4.79 Å². The van der Waals surface area contributed by atoms with Gasteiger partial charge in [0.25, 0.3) is 0 Å². The Bertz CT molecular complexity index is 1250. The normalized spacial score (nSPS) is 17.0. The molecule has 0 atom stereocenters. The zero-order chi connectivity index (χ0) is 23.5. The van der Waals surface area contributed by atoms with Crippen molar-refractivity contribution in [3.63, 3.8) is 0 Å². The second kappa shape index (κ2) is 9.63. The van der Waals surface area contributed by atoms with Crippen molar-refractivity contribution in [1.82, 2.24) is 14.6 Å². The molecular weight excluding hydrogens is 458 g/mol. The summed E-state index contributed by atoms with van der Waals surface area (Å²) < 4.78 is 44.9. The number of oxazole rings is 1. The lowest BCUT2D eigenvalue weighted by Gasteiger charge is -2.30. The van der Waals surface area contributed by atoms with Crippen LogP contribution in [0.4, 0.5) is 0 Å². The quantitative estimate of drug-likeness (QED) is 0.571. The van der Waals surface area contributed by atoms with Crippen molar-refractivity contribution in [3.8, 4) is 11.5 Å². The maximum absolute atomic E-state index is 12.7. The molecule has 0 aliphatic carbocycles. The number of hydrogen-bond acceptors (Lipinski definition) is 7. The summed E-state index contributed by atoms with van der Waals surface area (Å²) >= 11 is 0. The summed E-state index contributed by atoms with van der Waals surface area (Å²) in [5.74, 6) is 1.77. The molecular formula is C24H27N3O6S. The zero-order valence-corrected chi connectivity index (χ0v) is 19.6. The number of fused-ring (bicyclic) bond motifs is 2. The van der Waals surface area contributed by atoms with Gasteiger partial charge in [0, 0.05) is 44.5 Å². The predicted molar refractivity (Wildman–Crippen MR) is 124 cm³/mol. The molecule has 2 aromatic carbocycles. The smallest absolute Gasteiger partial charge is 0.240 e. The van der Waals surface area contributed by atoms with Gasteiger partial charge < -0.3 is 18.8 Å². The Morgan fingerprint density at radius 2 is 1.82 bits per heavy atom. The lowest BCUT2D eigenvalue weighted by Crippen LogP contribution is -2.39. The van der Waals surface area contributed by atoms with Crippen LogP contribution in [-0.2, 0) is 14.8 Å². The first-order chi connectivity index (χ1) is 16.5. The van der Waals surface area contributed by atoms with Gasteiger partial charge in [-0.2, -0.15) is 0 Å². The number of carbonyl (C=O) groups excluding carboxylic acids is 1. The second-order valence-electron chi connectivity index (χ2n) is 8.48. The van der Waals surface area contributed by atoms with Crippen molar-refractivity contribution in [3.05, 3.63) is 48.4 Å². The molecule has 1 fully saturated rings. The van der Waals surface area contributed by atoms with E-state index in [2.05, 4.69) is 9.71 Å². The summed E-state index contributed by atoms with van der Waals surface area (Å²) in [6.45, 7) is 2.22. The van der Waals surface area contributed by atoms with E-state index in [0.717, 1.165) is 36.3 Å². The van der Waals surface area contributed by atoms with Gasteiger partial charge >= 0.3 is 0 Å². The molecule has 0 unspecified atom stereocenters. The molecule has 0 spiro atoms. The molecule has 0 bridgehead atoms. The van der Waals surface area contributed by atoms with E-state index in [9.17, 15) is 13.2 Å². The fourth-order valence-electron chi connectivity index (χ4n) is 4.29. The number of aromatic nitrogens is 1. The van der Waals surface area contributed by atoms with Crippen molar-refractivity contribution in [1.29, 1.82) is 0 Å². The number of nitrogens with zero attached hydrogens (tertiary/aromatic N) is 2. The molecule has 1 amide bonds. The molecule has 2 aliphatic heterocycles. The summed E-state index contributed by atoms with van der Waals surface area (Å²) in [6.07, 6.45) is 2.36. The summed E-state index contributed by atoms with van der Waals surface area (Å²) in [5.41, 5.74) is 1.62. The van der Waals surface area contributed by atoms with Crippen molar-refractivity contribution >= 4 is 27.0 Å². The number of amides is 1. The van der Waals surface area contributed by atoms with E-state index in [1.165, 1.54) is 12.1 Å². The third-order valence-electron chi connectivity index (χ3n) is 6.17. The minimum absolute atomic E-state index is 0.0284. The Hall–Kier alpha value is -3.11. The number of rotatable bonds is 6. The molecule has 2 aliphatic rings. The lowest BCUT2D eigenvalue weighted by atomic mass is 9.96. The second-order valence-corrected chi connectivity index (χ2v) is 10.2. The Labute approximate surface area is 198 Å². The van der Waals surface area contributed by atoms with Crippen LogP contribution in [0.5, 0.6) is 11.5 Å². The first kappa shape index (κ1) is 22.7. The van der Waals surface area contributed by atoms with Gasteiger partial charge in [-0.05, 0) is 37.1 Å². The molecule has 1 N–H and O–H groups in total. The highest BCUT2D eigenvalue weighted by Crippen LogP contribution is 2.32. The number of likely N-dealkylation sites (tertiary alicyclic amines) is 1. The summed E-state index contributed by atoms with van der Waals surface area (Å²) in [4.78, 5) is 19.1. The van der Waals surface area contributed by atoms with Crippen molar-refractivity contribution in [2.24, 2.45) is 0 Å². The third-order valence-corrected chi connectivity index (χ3v) is 7.63. The number of piperidine rings is 1. The summed E-state index contributed by atoms with van der Waals surface area (Å²) in [5, 5.41) is 0. The molecule has 1 aromatic heterocycles. The van der Waals surface area contributed by atoms with Gasteiger partial charge in [-0.15, -0.1) is 0 Å². The molecule has 3 aromatic rings. The number of ether oxygens (including phenoxy) is 2. The van der Waals surface area contributed by atoms with Gasteiger partial charge in [-0.25, -0.2) is 18.1 Å². The van der Waals surface area contributed by atoms with Gasteiger partial charge in [-0.1, -0.05) is 12.1 Å². The highest BCUT2D eigenvalue weighted by Gasteiger charge is 2.27. The average Bonchev–Trinajstić information content (AvgIpc) is 3.14. The fourth-order valence-corrected chi connectivity index (χ4v) is 5.33. The molecule has 0 saturated carbocycles. The number of para-hydroxylation sites is 2. The maximum atomic E-state index is 12.7. The maximum Gasteiger partial charge on any atom is 0.240 e. The summed E-state index contributed by atoms with van der Waals surface area (Å²) in [7, 11) is -3.77. The first-order valence-electron chi connectivity index (χ1n) is 11.5. The van der Waals surface area contributed by atoms with Crippen LogP contribution >= 0.6 is 0 Å². The minimum atomic E-state index is -3.77. The van der Waals surface area contributed by atoms with Crippen molar-refractivity contribution in [2.75, 3.05) is 32.8 Å². The van der Waals surface area contributed by atoms with Crippen LogP contribution in [0.1, 0.15) is 37.5 Å². The van der Waals surface area contributed by atoms with E-state index in [1.807, 2.05) is 24.3 Å². The molecule has 180 valence electrons. The van der Waals surface area contributed by atoms with E-state index >= 15 is 0 Å². The SMILES string of the molecule is O=C(CCNS(=O)(=O)c1ccc2c(c1)OCCCO2)N1CCC(c2nc3ccccc3o2)CC1. The topological polar surface area (TPSA) is 111 Å². The number of carbonyl (C=O) groups is 1. The standard InChI is InChI=1S/C24H27N3O6S/c28-23(27-12-9-17(10-13-27)24-26-19-4-1-2-5-20(19)33-24)8-11-25-34(29,30)18-6-7-21-22(16-18)32-15-3-14-31-21/h1-2,4-7,16-17,25H,3,8-15H2. The van der Waals surface area contributed by atoms with E-state index in [-0.39, 0.29) is 29.7 Å². The Morgan fingerprint density at radius 1 is 1.06 bits per heavy atom. The molecule has 9 nitrogen and oxygen atoms in total. The Kier molecular flexibility index (Phi) is 6.42. The number of hydrogen-bond donors (Lipinski definition) is 1. The highest BCUT2D eigenvalue weighted by atomic mass is 32.2. The average molecular weight is 486 g/mol. The van der Waals surface area contributed by atoms with E-state index in [0.29, 0.717) is 37.8 Å². The van der Waals surface area contributed by atoms with Crippen LogP contribution < -0.4 is 14.2 Å². The summed E-state index contributed by atoms with van der Waals surface area (Å²) in [6, 6.07) is 12.2. The zero-order valence-electron chi connectivity index (χ0n) is 18.7. The highest BCUT2D eigenvalue weighted by molar-refractivity contribution is 7.89. The molecule has 10 heteroatoms. The van der Waals surface area contributed by atoms with Crippen LogP contribution in [0.2, 0.25) is 0 Å². The molecule has 3 heterocycles. The molecule has 34 heavy (non-hydrogen) atoms. The van der Waals surface area contributed by atoms with Crippen molar-refractivity contribution in [2.45, 2.75) is 36.5 Å². The third kappa shape index (κ3) is 4.88. The fraction of sp³-hybridized carbons (Fsp3) is 0.417. The molecule has 1 saturated heterocycles. The number of sulfonamides is 1. The minimum Gasteiger partial charge on any atom is -0.490 e. The largest absolute Gasteiger partial charge is 0.490 e. The van der Waals surface area contributed by atoms with Crippen LogP contribution in [0.3, 0.4) is 0 Å². The van der Waals surface area contributed by atoms with Gasteiger partial charge in [0.1, 0.15) is 5.52 Å². The monoisotopic (exact) mass is 485 g/mol. The molecule has 0 radical (unpaired) electrons. The van der Waals surface area contributed by atoms with Gasteiger partial charge in [0.15, 0.2) is 23.0 Å². The predicted octanol–water partition coefficient (Wildman–Crippen LogP) is 3.06. The van der Waals surface area contributed by atoms with Crippen molar-refractivity contribution < 1.29 is 27.1 Å². The lowest BCUT2D eigenvalue weighted by molar-refractivity contribution is -0.132. The molecule has 5 rings (SSSR count). The number of benzene rings is 2. The first-order valence-corrected chi connectivity index (χ1v) is 13.0. The Morgan fingerprint density at radius 3 is 2.62 bits per heavy atom. The van der Waals surface area contributed by atoms with Gasteiger partial charge in [0.2, 0.25) is 15.9 Å². The van der Waals surface area contributed by atoms with Crippen LogP contribution in [0.25, 0.3) is 11.1 Å².